The third-order valence-electron chi connectivity index (χ3n) is 2.25. The molecule has 1 N–H and O–H groups in total. The van der Waals surface area contributed by atoms with Crippen molar-refractivity contribution in [2.45, 2.75) is 12.8 Å². The van der Waals surface area contributed by atoms with E-state index in [2.05, 4.69) is 0 Å². The van der Waals surface area contributed by atoms with Gasteiger partial charge in [-0.2, -0.15) is 0 Å². The van der Waals surface area contributed by atoms with Crippen molar-refractivity contribution in [3.05, 3.63) is 27.7 Å². The van der Waals surface area contributed by atoms with Gasteiger partial charge in [0.25, 0.3) is 0 Å². The van der Waals surface area contributed by atoms with Crippen molar-refractivity contribution in [2.75, 3.05) is 0 Å². The Morgan fingerprint density at radius 3 is 2.43 bits per heavy atom. The summed E-state index contributed by atoms with van der Waals surface area (Å²) in [4.78, 5) is 11.6. The first-order valence-corrected chi connectivity index (χ1v) is 5.07. The second-order valence-corrected chi connectivity index (χ2v) is 4.24. The Morgan fingerprint density at radius 2 is 1.86 bits per heavy atom. The van der Waals surface area contributed by atoms with Gasteiger partial charge in [-0.15, -0.1) is 0 Å². The van der Waals surface area contributed by atoms with Gasteiger partial charge in [-0.25, -0.2) is 0 Å². The summed E-state index contributed by atoms with van der Waals surface area (Å²) in [7, 11) is 0. The minimum atomic E-state index is -0.0868. The van der Waals surface area contributed by atoms with Gasteiger partial charge >= 0.3 is 0 Å². The van der Waals surface area contributed by atoms with Crippen LogP contribution >= 0.6 is 23.2 Å². The highest BCUT2D eigenvalue weighted by Gasteiger charge is 2.32. The van der Waals surface area contributed by atoms with Gasteiger partial charge in [-0.1, -0.05) is 23.2 Å². The summed E-state index contributed by atoms with van der Waals surface area (Å²) in [6, 6.07) is 2.74. The van der Waals surface area contributed by atoms with E-state index >= 15 is 0 Å². The number of ketones is 1. The molecule has 1 aliphatic carbocycles. The molecule has 1 saturated carbocycles. The number of carbonyl (C=O) groups excluding carboxylic acids is 1. The van der Waals surface area contributed by atoms with E-state index in [9.17, 15) is 9.90 Å². The largest absolute Gasteiger partial charge is 0.507 e. The summed E-state index contributed by atoms with van der Waals surface area (Å²) in [5.41, 5.74) is 0.280. The molecule has 0 aliphatic heterocycles. The van der Waals surface area contributed by atoms with Crippen LogP contribution in [0, 0.1) is 5.92 Å². The van der Waals surface area contributed by atoms with Crippen LogP contribution in [0.2, 0.25) is 10.0 Å². The van der Waals surface area contributed by atoms with Gasteiger partial charge in [0.05, 0.1) is 15.6 Å². The van der Waals surface area contributed by atoms with E-state index in [1.165, 1.54) is 12.1 Å². The molecule has 0 spiro atoms. The molecular weight excluding hydrogens is 223 g/mol. The Bertz CT molecular complexity index is 397. The number of carbonyl (C=O) groups is 1. The molecule has 74 valence electrons. The Kier molecular flexibility index (Phi) is 2.41. The summed E-state index contributed by atoms with van der Waals surface area (Å²) in [5, 5.41) is 10.1. The fourth-order valence-corrected chi connectivity index (χ4v) is 1.62. The van der Waals surface area contributed by atoms with E-state index < -0.39 is 0 Å². The zero-order valence-electron chi connectivity index (χ0n) is 7.26. The molecule has 1 aromatic carbocycles. The normalized spacial score (nSPS) is 15.6. The van der Waals surface area contributed by atoms with Crippen molar-refractivity contribution < 1.29 is 9.90 Å². The smallest absolute Gasteiger partial charge is 0.169 e. The fourth-order valence-electron chi connectivity index (χ4n) is 1.30. The summed E-state index contributed by atoms with van der Waals surface area (Å²) in [5.74, 6) is -0.0597. The third kappa shape index (κ3) is 1.72. The number of hydrogen-bond donors (Lipinski definition) is 1. The van der Waals surface area contributed by atoms with Gasteiger partial charge in [-0.3, -0.25) is 4.79 Å². The molecule has 0 saturated heterocycles. The average Bonchev–Trinajstić information content (AvgIpc) is 2.93. The quantitative estimate of drug-likeness (QED) is 0.793. The van der Waals surface area contributed by atoms with Gasteiger partial charge in [-0.05, 0) is 18.9 Å². The number of phenolic OH excluding ortho intramolecular Hbond substituents is 1. The van der Waals surface area contributed by atoms with Crippen molar-refractivity contribution in [1.82, 2.24) is 0 Å². The fraction of sp³-hybridized carbons (Fsp3) is 0.300. The van der Waals surface area contributed by atoms with Gasteiger partial charge < -0.3 is 5.11 Å². The Hall–Kier alpha value is -0.730. The van der Waals surface area contributed by atoms with E-state index in [4.69, 9.17) is 23.2 Å². The lowest BCUT2D eigenvalue weighted by molar-refractivity contribution is 0.0965. The maximum Gasteiger partial charge on any atom is 0.169 e. The summed E-state index contributed by atoms with van der Waals surface area (Å²) in [6.45, 7) is 0. The minimum Gasteiger partial charge on any atom is -0.507 e. The SMILES string of the molecule is O=C(c1cc(Cl)c(Cl)cc1O)C1CC1. The molecule has 0 bridgehead atoms. The van der Waals surface area contributed by atoms with Gasteiger partial charge in [0.15, 0.2) is 5.78 Å². The Balaban J connectivity index is 2.41. The molecule has 2 rings (SSSR count). The summed E-state index contributed by atoms with van der Waals surface area (Å²) in [6.07, 6.45) is 1.80. The number of benzene rings is 1. The first-order chi connectivity index (χ1) is 6.59. The highest BCUT2D eigenvalue weighted by molar-refractivity contribution is 6.42. The predicted molar refractivity (Wildman–Crippen MR) is 55.2 cm³/mol. The number of Topliss-reactive ketones (excluding diaryl/α,β-unsaturated/α-hetero) is 1. The van der Waals surface area contributed by atoms with E-state index in [0.717, 1.165) is 12.8 Å². The van der Waals surface area contributed by atoms with Crippen molar-refractivity contribution in [1.29, 1.82) is 0 Å². The van der Waals surface area contributed by atoms with Crippen LogP contribution in [0.4, 0.5) is 0 Å². The predicted octanol–water partition coefficient (Wildman–Crippen LogP) is 3.29. The van der Waals surface area contributed by atoms with Crippen LogP contribution in [-0.2, 0) is 0 Å². The maximum atomic E-state index is 11.6. The van der Waals surface area contributed by atoms with Crippen molar-refractivity contribution >= 4 is 29.0 Å². The van der Waals surface area contributed by atoms with Crippen LogP contribution in [0.1, 0.15) is 23.2 Å². The zero-order chi connectivity index (χ0) is 10.3. The average molecular weight is 231 g/mol. The second kappa shape index (κ2) is 3.44. The van der Waals surface area contributed by atoms with Crippen LogP contribution in [-0.4, -0.2) is 10.9 Å². The van der Waals surface area contributed by atoms with Crippen LogP contribution in [0.15, 0.2) is 12.1 Å². The molecule has 2 nitrogen and oxygen atoms in total. The molecule has 0 radical (unpaired) electrons. The summed E-state index contributed by atoms with van der Waals surface area (Å²) < 4.78 is 0. The first-order valence-electron chi connectivity index (χ1n) is 4.32. The van der Waals surface area contributed by atoms with Crippen molar-refractivity contribution in [3.8, 4) is 5.75 Å². The Morgan fingerprint density at radius 1 is 1.29 bits per heavy atom. The van der Waals surface area contributed by atoms with Crippen LogP contribution in [0.5, 0.6) is 5.75 Å². The standard InChI is InChI=1S/C10H8Cl2O2/c11-7-3-6(9(13)4-8(7)12)10(14)5-1-2-5/h3-5,13H,1-2H2. The number of halogens is 2. The molecule has 4 heteroatoms. The molecule has 0 heterocycles. The lowest BCUT2D eigenvalue weighted by Gasteiger charge is -2.04. The van der Waals surface area contributed by atoms with Crippen molar-refractivity contribution in [3.63, 3.8) is 0 Å². The van der Waals surface area contributed by atoms with E-state index in [0.29, 0.717) is 5.02 Å². The number of aromatic hydroxyl groups is 1. The molecule has 0 aromatic heterocycles. The topological polar surface area (TPSA) is 37.3 Å². The van der Waals surface area contributed by atoms with E-state index in [1.807, 2.05) is 0 Å². The summed E-state index contributed by atoms with van der Waals surface area (Å²) >= 11 is 11.4. The van der Waals surface area contributed by atoms with E-state index in [-0.39, 0.29) is 28.0 Å². The highest BCUT2D eigenvalue weighted by atomic mass is 35.5. The lowest BCUT2D eigenvalue weighted by atomic mass is 10.1. The molecule has 1 fully saturated rings. The number of phenols is 1. The Labute approximate surface area is 91.4 Å². The first kappa shape index (κ1) is 9.81. The van der Waals surface area contributed by atoms with Gasteiger partial charge in [0.1, 0.15) is 5.75 Å². The van der Waals surface area contributed by atoms with Crippen LogP contribution in [0.25, 0.3) is 0 Å². The monoisotopic (exact) mass is 230 g/mol. The maximum absolute atomic E-state index is 11.6. The molecular formula is C10H8Cl2O2. The molecule has 0 atom stereocenters. The van der Waals surface area contributed by atoms with Gasteiger partial charge in [0, 0.05) is 12.0 Å². The van der Waals surface area contributed by atoms with Gasteiger partial charge in [0.2, 0.25) is 0 Å². The molecule has 0 amide bonds. The lowest BCUT2D eigenvalue weighted by Crippen LogP contribution is -2.01. The molecule has 0 unspecified atom stereocenters. The zero-order valence-corrected chi connectivity index (χ0v) is 8.77. The highest BCUT2D eigenvalue weighted by Crippen LogP contribution is 2.37. The van der Waals surface area contributed by atoms with E-state index in [1.54, 1.807) is 0 Å². The van der Waals surface area contributed by atoms with Crippen LogP contribution < -0.4 is 0 Å². The molecule has 14 heavy (non-hydrogen) atoms. The molecule has 1 aromatic rings. The molecule has 1 aliphatic rings. The minimum absolute atomic E-state index is 0.0407. The second-order valence-electron chi connectivity index (χ2n) is 3.42. The number of hydrogen-bond acceptors (Lipinski definition) is 2. The number of rotatable bonds is 2. The van der Waals surface area contributed by atoms with Crippen molar-refractivity contribution in [2.24, 2.45) is 5.92 Å². The van der Waals surface area contributed by atoms with Crippen LogP contribution in [0.3, 0.4) is 0 Å². The third-order valence-corrected chi connectivity index (χ3v) is 2.97.